The number of nitrogens with zero attached hydrogens (tertiary/aromatic N) is 2. The summed E-state index contributed by atoms with van der Waals surface area (Å²) in [7, 11) is 4.07. The SMILES string of the molecule is CC(c1cccc(Cl)c1)N(C)CC(O)CN(C)Cc1ccccc1. The Morgan fingerprint density at radius 2 is 1.71 bits per heavy atom. The molecule has 0 amide bonds. The Labute approximate surface area is 150 Å². The first-order valence-corrected chi connectivity index (χ1v) is 8.69. The van der Waals surface area contributed by atoms with Crippen molar-refractivity contribution in [2.75, 3.05) is 27.2 Å². The van der Waals surface area contributed by atoms with Crippen LogP contribution in [0.25, 0.3) is 0 Å². The zero-order valence-electron chi connectivity index (χ0n) is 14.7. The Morgan fingerprint density at radius 3 is 2.38 bits per heavy atom. The standard InChI is InChI=1S/C20H27ClN2O/c1-16(18-10-7-11-19(21)12-18)23(3)15-20(24)14-22(2)13-17-8-5-4-6-9-17/h4-12,16,20,24H,13-15H2,1-3H3. The van der Waals surface area contributed by atoms with E-state index in [0.717, 1.165) is 17.1 Å². The lowest BCUT2D eigenvalue weighted by Gasteiger charge is -2.29. The lowest BCUT2D eigenvalue weighted by Crippen LogP contribution is -2.38. The minimum absolute atomic E-state index is 0.206. The van der Waals surface area contributed by atoms with Gasteiger partial charge < -0.3 is 5.11 Å². The van der Waals surface area contributed by atoms with Gasteiger partial charge in [0.05, 0.1) is 6.10 Å². The Hall–Kier alpha value is -1.39. The summed E-state index contributed by atoms with van der Waals surface area (Å²) in [6, 6.07) is 18.4. The predicted octanol–water partition coefficient (Wildman–Crippen LogP) is 3.83. The average molecular weight is 347 g/mol. The quantitative estimate of drug-likeness (QED) is 0.787. The third kappa shape index (κ3) is 5.91. The van der Waals surface area contributed by atoms with Crippen LogP contribution in [0.5, 0.6) is 0 Å². The number of hydrogen-bond acceptors (Lipinski definition) is 3. The van der Waals surface area contributed by atoms with E-state index in [2.05, 4.69) is 34.9 Å². The second-order valence-electron chi connectivity index (χ2n) is 6.51. The highest BCUT2D eigenvalue weighted by atomic mass is 35.5. The van der Waals surface area contributed by atoms with Crippen LogP contribution >= 0.6 is 11.6 Å². The molecule has 0 fully saturated rings. The van der Waals surface area contributed by atoms with Crippen molar-refractivity contribution < 1.29 is 5.11 Å². The largest absolute Gasteiger partial charge is 0.390 e. The maximum atomic E-state index is 10.4. The van der Waals surface area contributed by atoms with Crippen molar-refractivity contribution in [1.29, 1.82) is 0 Å². The smallest absolute Gasteiger partial charge is 0.0793 e. The lowest BCUT2D eigenvalue weighted by atomic mass is 10.1. The van der Waals surface area contributed by atoms with E-state index in [0.29, 0.717) is 13.1 Å². The summed E-state index contributed by atoms with van der Waals surface area (Å²) >= 11 is 6.07. The van der Waals surface area contributed by atoms with Gasteiger partial charge in [-0.2, -0.15) is 0 Å². The molecule has 0 saturated heterocycles. The molecule has 2 rings (SSSR count). The van der Waals surface area contributed by atoms with Crippen molar-refractivity contribution in [3.05, 3.63) is 70.7 Å². The van der Waals surface area contributed by atoms with Crippen LogP contribution in [0.4, 0.5) is 0 Å². The molecular formula is C20H27ClN2O. The molecule has 1 N–H and O–H groups in total. The monoisotopic (exact) mass is 346 g/mol. The van der Waals surface area contributed by atoms with Crippen LogP contribution in [-0.2, 0) is 6.54 Å². The van der Waals surface area contributed by atoms with Crippen molar-refractivity contribution in [3.8, 4) is 0 Å². The van der Waals surface area contributed by atoms with Crippen molar-refractivity contribution in [2.24, 2.45) is 0 Å². The molecule has 2 unspecified atom stereocenters. The Kier molecular flexibility index (Phi) is 7.25. The van der Waals surface area contributed by atoms with Crippen molar-refractivity contribution in [1.82, 2.24) is 9.80 Å². The summed E-state index contributed by atoms with van der Waals surface area (Å²) in [4.78, 5) is 4.31. The van der Waals surface area contributed by atoms with E-state index < -0.39 is 6.10 Å². The van der Waals surface area contributed by atoms with Crippen LogP contribution in [-0.4, -0.2) is 48.2 Å². The molecule has 4 heteroatoms. The van der Waals surface area contributed by atoms with Gasteiger partial charge in [-0.1, -0.05) is 54.1 Å². The number of benzene rings is 2. The third-order valence-corrected chi connectivity index (χ3v) is 4.54. The molecule has 24 heavy (non-hydrogen) atoms. The van der Waals surface area contributed by atoms with E-state index in [1.807, 2.05) is 50.5 Å². The average Bonchev–Trinajstić information content (AvgIpc) is 2.54. The minimum atomic E-state index is -0.398. The van der Waals surface area contributed by atoms with Gasteiger partial charge in [0.15, 0.2) is 0 Å². The molecule has 0 bridgehead atoms. The third-order valence-electron chi connectivity index (χ3n) is 4.31. The first-order valence-electron chi connectivity index (χ1n) is 8.32. The molecule has 0 spiro atoms. The van der Waals surface area contributed by atoms with Crippen LogP contribution in [0, 0.1) is 0 Å². The summed E-state index contributed by atoms with van der Waals surface area (Å²) in [6.45, 7) is 4.23. The van der Waals surface area contributed by atoms with Gasteiger partial charge in [-0.25, -0.2) is 0 Å². The molecule has 0 aliphatic heterocycles. The summed E-state index contributed by atoms with van der Waals surface area (Å²) in [5.74, 6) is 0. The van der Waals surface area contributed by atoms with E-state index in [4.69, 9.17) is 11.6 Å². The summed E-state index contributed by atoms with van der Waals surface area (Å²) in [5, 5.41) is 11.2. The van der Waals surface area contributed by atoms with Gasteiger partial charge in [-0.3, -0.25) is 9.80 Å². The highest BCUT2D eigenvalue weighted by molar-refractivity contribution is 6.30. The van der Waals surface area contributed by atoms with Crippen LogP contribution in [0.15, 0.2) is 54.6 Å². The van der Waals surface area contributed by atoms with Gasteiger partial charge in [0, 0.05) is 30.7 Å². The second-order valence-corrected chi connectivity index (χ2v) is 6.94. The number of aliphatic hydroxyl groups excluding tert-OH is 1. The van der Waals surface area contributed by atoms with E-state index in [1.165, 1.54) is 5.56 Å². The summed E-state index contributed by atoms with van der Waals surface area (Å²) in [6.07, 6.45) is -0.398. The van der Waals surface area contributed by atoms with E-state index in [-0.39, 0.29) is 6.04 Å². The van der Waals surface area contributed by atoms with Crippen LogP contribution in [0.2, 0.25) is 5.02 Å². The van der Waals surface area contributed by atoms with Gasteiger partial charge in [-0.15, -0.1) is 0 Å². The molecular weight excluding hydrogens is 320 g/mol. The molecule has 2 atom stereocenters. The number of rotatable bonds is 8. The van der Waals surface area contributed by atoms with Gasteiger partial charge in [0.2, 0.25) is 0 Å². The lowest BCUT2D eigenvalue weighted by molar-refractivity contribution is 0.0767. The van der Waals surface area contributed by atoms with Gasteiger partial charge in [0.25, 0.3) is 0 Å². The second kappa shape index (κ2) is 9.19. The fourth-order valence-electron chi connectivity index (χ4n) is 2.89. The minimum Gasteiger partial charge on any atom is -0.390 e. The fraction of sp³-hybridized carbons (Fsp3) is 0.400. The molecule has 3 nitrogen and oxygen atoms in total. The molecule has 0 aliphatic rings. The first-order chi connectivity index (χ1) is 11.5. The first kappa shape index (κ1) is 18.9. The van der Waals surface area contributed by atoms with Gasteiger partial charge in [-0.05, 0) is 44.3 Å². The topological polar surface area (TPSA) is 26.7 Å². The highest BCUT2D eigenvalue weighted by Gasteiger charge is 2.17. The number of halogens is 1. The van der Waals surface area contributed by atoms with Crippen molar-refractivity contribution >= 4 is 11.6 Å². The Balaban J connectivity index is 1.83. The molecule has 0 radical (unpaired) electrons. The van der Waals surface area contributed by atoms with Crippen LogP contribution in [0.1, 0.15) is 24.1 Å². The number of aliphatic hydroxyl groups is 1. The molecule has 0 aromatic heterocycles. The van der Waals surface area contributed by atoms with E-state index >= 15 is 0 Å². The molecule has 0 heterocycles. The zero-order chi connectivity index (χ0) is 17.5. The Morgan fingerprint density at radius 1 is 1.00 bits per heavy atom. The van der Waals surface area contributed by atoms with Crippen molar-refractivity contribution in [2.45, 2.75) is 25.6 Å². The van der Waals surface area contributed by atoms with Crippen molar-refractivity contribution in [3.63, 3.8) is 0 Å². The van der Waals surface area contributed by atoms with Crippen LogP contribution in [0.3, 0.4) is 0 Å². The molecule has 2 aromatic carbocycles. The Bertz CT molecular complexity index is 620. The zero-order valence-corrected chi connectivity index (χ0v) is 15.4. The fourth-order valence-corrected chi connectivity index (χ4v) is 3.09. The normalized spacial score (nSPS) is 14.1. The van der Waals surface area contributed by atoms with Gasteiger partial charge >= 0.3 is 0 Å². The predicted molar refractivity (Wildman–Crippen MR) is 101 cm³/mol. The maximum absolute atomic E-state index is 10.4. The maximum Gasteiger partial charge on any atom is 0.0793 e. The summed E-state index contributed by atoms with van der Waals surface area (Å²) in [5.41, 5.74) is 2.42. The van der Waals surface area contributed by atoms with Gasteiger partial charge in [0.1, 0.15) is 0 Å². The van der Waals surface area contributed by atoms with E-state index in [1.54, 1.807) is 0 Å². The molecule has 0 aliphatic carbocycles. The molecule has 130 valence electrons. The highest BCUT2D eigenvalue weighted by Crippen LogP contribution is 2.22. The number of hydrogen-bond donors (Lipinski definition) is 1. The van der Waals surface area contributed by atoms with Crippen LogP contribution < -0.4 is 0 Å². The molecule has 2 aromatic rings. The summed E-state index contributed by atoms with van der Waals surface area (Å²) < 4.78 is 0. The number of likely N-dealkylation sites (N-methyl/N-ethyl adjacent to an activating group) is 2. The van der Waals surface area contributed by atoms with E-state index in [9.17, 15) is 5.11 Å². The molecule has 0 saturated carbocycles.